The van der Waals surface area contributed by atoms with Crippen LogP contribution in [0.1, 0.15) is 67.8 Å². The molecule has 0 atom stereocenters. The Morgan fingerprint density at radius 2 is 1.71 bits per heavy atom. The Balaban J connectivity index is 1.56. The minimum atomic E-state index is 0.633. The molecule has 5 nitrogen and oxygen atoms in total. The number of allylic oxidation sites excluding steroid dienone is 1. The van der Waals surface area contributed by atoms with Gasteiger partial charge in [-0.15, -0.1) is 0 Å². The predicted octanol–water partition coefficient (Wildman–Crippen LogP) is 6.66. The van der Waals surface area contributed by atoms with Crippen LogP contribution in [-0.4, -0.2) is 31.5 Å². The molecule has 0 saturated carbocycles. The van der Waals surface area contributed by atoms with E-state index in [0.29, 0.717) is 11.8 Å². The molecule has 0 unspecified atom stereocenters. The number of nitrogens with zero attached hydrogens (tertiary/aromatic N) is 2. The molecular weight excluding hydrogens is 408 g/mol. The molecule has 0 fully saturated rings. The Bertz CT molecular complexity index is 807. The number of oxime groups is 1. The number of thiazole rings is 1. The highest BCUT2D eigenvalue weighted by atomic mass is 32.1. The third kappa shape index (κ3) is 9.55. The summed E-state index contributed by atoms with van der Waals surface area (Å²) >= 11 is 1.49. The van der Waals surface area contributed by atoms with Gasteiger partial charge in [0.05, 0.1) is 18.5 Å². The summed E-state index contributed by atoms with van der Waals surface area (Å²) in [5.41, 5.74) is 4.92. The lowest BCUT2D eigenvalue weighted by Gasteiger charge is -2.13. The van der Waals surface area contributed by atoms with Crippen LogP contribution in [0.2, 0.25) is 0 Å². The maximum atomic E-state index is 5.79. The lowest BCUT2D eigenvalue weighted by Crippen LogP contribution is -1.99. The minimum absolute atomic E-state index is 0.633. The van der Waals surface area contributed by atoms with Gasteiger partial charge in [0.1, 0.15) is 19.5 Å². The first kappa shape index (κ1) is 24.9. The van der Waals surface area contributed by atoms with E-state index in [1.807, 2.05) is 24.5 Å². The molecule has 0 aliphatic rings. The SMILES string of the molecule is C/C=C/COc1cc(C)c(CCCCCCCCOc2nc(/C=N/OC)cs2)c(C)c1. The summed E-state index contributed by atoms with van der Waals surface area (Å²) in [5, 5.41) is 6.31. The lowest BCUT2D eigenvalue weighted by atomic mass is 9.96. The topological polar surface area (TPSA) is 52.9 Å². The number of unbranched alkanes of at least 4 members (excludes halogenated alkanes) is 5. The van der Waals surface area contributed by atoms with Crippen molar-refractivity contribution in [2.75, 3.05) is 20.3 Å². The fourth-order valence-electron chi connectivity index (χ4n) is 3.44. The standard InChI is InChI=1S/C25H36N2O3S/c1-5-6-14-29-23-16-20(2)24(21(3)17-23)13-11-9-7-8-10-12-15-30-25-27-22(19-31-25)18-26-28-4/h5-6,16-19H,7-15H2,1-4H3/b6-5+,26-18+. The van der Waals surface area contributed by atoms with Gasteiger partial charge in [0.25, 0.3) is 5.19 Å². The molecule has 0 aliphatic heterocycles. The molecule has 31 heavy (non-hydrogen) atoms. The first-order valence-corrected chi connectivity index (χ1v) is 12.0. The molecule has 0 saturated heterocycles. The van der Waals surface area contributed by atoms with E-state index < -0.39 is 0 Å². The number of ether oxygens (including phenoxy) is 2. The monoisotopic (exact) mass is 444 g/mol. The van der Waals surface area contributed by atoms with Gasteiger partial charge in [-0.25, -0.2) is 4.98 Å². The second kappa shape index (κ2) is 14.6. The van der Waals surface area contributed by atoms with E-state index in [1.54, 1.807) is 6.21 Å². The quantitative estimate of drug-likeness (QED) is 0.133. The molecular formula is C25H36N2O3S. The van der Waals surface area contributed by atoms with Crippen LogP contribution in [0.15, 0.2) is 34.8 Å². The largest absolute Gasteiger partial charge is 0.490 e. The van der Waals surface area contributed by atoms with Crippen LogP contribution in [0.5, 0.6) is 10.9 Å². The van der Waals surface area contributed by atoms with Crippen molar-refractivity contribution in [2.24, 2.45) is 5.16 Å². The number of benzene rings is 1. The Morgan fingerprint density at radius 3 is 2.42 bits per heavy atom. The second-order valence-electron chi connectivity index (χ2n) is 7.59. The van der Waals surface area contributed by atoms with Crippen LogP contribution in [0.4, 0.5) is 0 Å². The summed E-state index contributed by atoms with van der Waals surface area (Å²) in [4.78, 5) is 8.98. The Morgan fingerprint density at radius 1 is 1.00 bits per heavy atom. The lowest BCUT2D eigenvalue weighted by molar-refractivity contribution is 0.215. The van der Waals surface area contributed by atoms with Gasteiger partial charge in [0, 0.05) is 5.38 Å². The molecule has 0 spiro atoms. The molecule has 1 aromatic heterocycles. The Kier molecular flexibility index (Phi) is 11.8. The highest BCUT2D eigenvalue weighted by Gasteiger charge is 2.06. The van der Waals surface area contributed by atoms with Crippen molar-refractivity contribution in [1.29, 1.82) is 0 Å². The van der Waals surface area contributed by atoms with Crippen LogP contribution >= 0.6 is 11.3 Å². The highest BCUT2D eigenvalue weighted by molar-refractivity contribution is 7.11. The zero-order valence-corrected chi connectivity index (χ0v) is 20.2. The molecule has 1 aromatic carbocycles. The van der Waals surface area contributed by atoms with Crippen LogP contribution in [-0.2, 0) is 11.3 Å². The van der Waals surface area contributed by atoms with E-state index in [1.165, 1.54) is 67.2 Å². The number of rotatable bonds is 15. The van der Waals surface area contributed by atoms with Gasteiger partial charge in [-0.2, -0.15) is 0 Å². The van der Waals surface area contributed by atoms with Crippen molar-refractivity contribution in [2.45, 2.75) is 65.7 Å². The molecule has 2 aromatic rings. The van der Waals surface area contributed by atoms with Crippen molar-refractivity contribution in [3.63, 3.8) is 0 Å². The molecule has 0 aliphatic carbocycles. The Labute approximate surface area is 191 Å². The van der Waals surface area contributed by atoms with Gasteiger partial charge in [-0.3, -0.25) is 0 Å². The van der Waals surface area contributed by atoms with E-state index in [0.717, 1.165) is 30.9 Å². The minimum Gasteiger partial charge on any atom is -0.490 e. The fourth-order valence-corrected chi connectivity index (χ4v) is 4.09. The molecule has 170 valence electrons. The van der Waals surface area contributed by atoms with Crippen molar-refractivity contribution in [3.05, 3.63) is 52.0 Å². The summed E-state index contributed by atoms with van der Waals surface area (Å²) in [5.74, 6) is 0.969. The average Bonchev–Trinajstić information content (AvgIpc) is 3.20. The van der Waals surface area contributed by atoms with Crippen LogP contribution in [0, 0.1) is 13.8 Å². The van der Waals surface area contributed by atoms with Crippen molar-refractivity contribution in [1.82, 2.24) is 4.98 Å². The molecule has 1 heterocycles. The summed E-state index contributed by atoms with van der Waals surface area (Å²) in [6.07, 6.45) is 14.1. The molecule has 0 amide bonds. The van der Waals surface area contributed by atoms with Gasteiger partial charge in [0.2, 0.25) is 0 Å². The first-order chi connectivity index (χ1) is 15.1. The number of aryl methyl sites for hydroxylation is 2. The van der Waals surface area contributed by atoms with Gasteiger partial charge >= 0.3 is 0 Å². The molecule has 0 radical (unpaired) electrons. The van der Waals surface area contributed by atoms with Gasteiger partial charge in [0.15, 0.2) is 0 Å². The molecule has 2 rings (SSSR count). The van der Waals surface area contributed by atoms with Gasteiger partial charge < -0.3 is 14.3 Å². The third-order valence-corrected chi connectivity index (χ3v) is 5.86. The smallest absolute Gasteiger partial charge is 0.273 e. The average molecular weight is 445 g/mol. The fraction of sp³-hybridized carbons (Fsp3) is 0.520. The van der Waals surface area contributed by atoms with Gasteiger partial charge in [-0.1, -0.05) is 54.3 Å². The zero-order valence-electron chi connectivity index (χ0n) is 19.4. The van der Waals surface area contributed by atoms with Crippen molar-refractivity contribution in [3.8, 4) is 10.9 Å². The first-order valence-electron chi connectivity index (χ1n) is 11.1. The van der Waals surface area contributed by atoms with Crippen LogP contribution < -0.4 is 9.47 Å². The molecule has 6 heteroatoms. The summed E-state index contributed by atoms with van der Waals surface area (Å²) in [7, 11) is 1.52. The van der Waals surface area contributed by atoms with Crippen LogP contribution in [0.25, 0.3) is 0 Å². The normalized spacial score (nSPS) is 11.5. The zero-order chi connectivity index (χ0) is 22.3. The van der Waals surface area contributed by atoms with Crippen molar-refractivity contribution < 1.29 is 14.3 Å². The maximum absolute atomic E-state index is 5.79. The van der Waals surface area contributed by atoms with Crippen molar-refractivity contribution >= 4 is 17.6 Å². The second-order valence-corrected chi connectivity index (χ2v) is 8.41. The van der Waals surface area contributed by atoms with E-state index in [2.05, 4.69) is 41.0 Å². The molecule has 0 bridgehead atoms. The van der Waals surface area contributed by atoms with E-state index in [9.17, 15) is 0 Å². The predicted molar refractivity (Wildman–Crippen MR) is 130 cm³/mol. The van der Waals surface area contributed by atoms with E-state index >= 15 is 0 Å². The summed E-state index contributed by atoms with van der Waals surface area (Å²) in [6, 6.07) is 4.34. The Hall–Kier alpha value is -2.34. The van der Waals surface area contributed by atoms with Gasteiger partial charge in [-0.05, 0) is 68.9 Å². The van der Waals surface area contributed by atoms with E-state index in [4.69, 9.17) is 9.47 Å². The van der Waals surface area contributed by atoms with Crippen LogP contribution in [0.3, 0.4) is 0 Å². The summed E-state index contributed by atoms with van der Waals surface area (Å²) < 4.78 is 11.5. The molecule has 0 N–H and O–H groups in total. The number of aromatic nitrogens is 1. The number of hydrogen-bond donors (Lipinski definition) is 0. The number of hydrogen-bond acceptors (Lipinski definition) is 6. The highest BCUT2D eigenvalue weighted by Crippen LogP contribution is 2.24. The third-order valence-electron chi connectivity index (χ3n) is 5.09. The maximum Gasteiger partial charge on any atom is 0.273 e. The summed E-state index contributed by atoms with van der Waals surface area (Å²) in [6.45, 7) is 7.75. The van der Waals surface area contributed by atoms with E-state index in [-0.39, 0.29) is 0 Å².